The number of rotatable bonds is 6. The first-order valence-electron chi connectivity index (χ1n) is 6.84. The van der Waals surface area contributed by atoms with Gasteiger partial charge in [0, 0.05) is 12.5 Å². The number of carbonyl (C=O) groups excluding carboxylic acids is 1. The highest BCUT2D eigenvalue weighted by atomic mass is 16.1. The molecular formula is C15H20N4O. The van der Waals surface area contributed by atoms with E-state index >= 15 is 0 Å². The van der Waals surface area contributed by atoms with Gasteiger partial charge in [0.25, 0.3) is 0 Å². The van der Waals surface area contributed by atoms with Gasteiger partial charge < -0.3 is 5.73 Å². The normalized spacial score (nSPS) is 12.6. The Morgan fingerprint density at radius 3 is 2.60 bits per heavy atom. The first kappa shape index (κ1) is 14.4. The maximum Gasteiger partial charge on any atom is 0.187 e. The van der Waals surface area contributed by atoms with Gasteiger partial charge in [0.1, 0.15) is 5.69 Å². The Morgan fingerprint density at radius 2 is 2.00 bits per heavy atom. The molecule has 2 N–H and O–H groups in total. The van der Waals surface area contributed by atoms with E-state index in [1.807, 2.05) is 30.3 Å². The molecule has 1 heterocycles. The molecule has 2 aromatic rings. The molecule has 0 spiro atoms. The third kappa shape index (κ3) is 3.11. The molecular weight excluding hydrogens is 252 g/mol. The van der Waals surface area contributed by atoms with Gasteiger partial charge in [-0.2, -0.15) is 0 Å². The van der Waals surface area contributed by atoms with Gasteiger partial charge in [-0.1, -0.05) is 37.3 Å². The number of nitrogens with two attached hydrogens (primary N) is 1. The molecule has 0 saturated carbocycles. The van der Waals surface area contributed by atoms with E-state index in [4.69, 9.17) is 5.73 Å². The number of benzene rings is 1. The third-order valence-corrected chi connectivity index (χ3v) is 3.21. The minimum absolute atomic E-state index is 0.00931. The minimum Gasteiger partial charge on any atom is -0.330 e. The van der Waals surface area contributed by atoms with Crippen molar-refractivity contribution < 1.29 is 4.79 Å². The number of ketones is 1. The molecule has 5 nitrogen and oxygen atoms in total. The highest BCUT2D eigenvalue weighted by Gasteiger charge is 2.24. The van der Waals surface area contributed by atoms with Crippen molar-refractivity contribution in [1.29, 1.82) is 0 Å². The van der Waals surface area contributed by atoms with E-state index in [-0.39, 0.29) is 11.7 Å². The molecule has 1 aromatic heterocycles. The number of para-hydroxylation sites is 1. The smallest absolute Gasteiger partial charge is 0.187 e. The van der Waals surface area contributed by atoms with Crippen LogP contribution in [0.15, 0.2) is 36.5 Å². The van der Waals surface area contributed by atoms with Gasteiger partial charge >= 0.3 is 0 Å². The van der Waals surface area contributed by atoms with Crippen molar-refractivity contribution in [2.45, 2.75) is 20.3 Å². The van der Waals surface area contributed by atoms with Gasteiger partial charge in [0.05, 0.1) is 11.9 Å². The summed E-state index contributed by atoms with van der Waals surface area (Å²) in [5.41, 5.74) is 7.07. The van der Waals surface area contributed by atoms with E-state index in [1.165, 1.54) is 6.20 Å². The molecule has 0 fully saturated rings. The number of hydrogen-bond acceptors (Lipinski definition) is 4. The Hall–Kier alpha value is -2.01. The maximum atomic E-state index is 12.6. The molecule has 106 valence electrons. The maximum absolute atomic E-state index is 12.6. The number of nitrogens with zero attached hydrogens (tertiary/aromatic N) is 3. The van der Waals surface area contributed by atoms with E-state index in [2.05, 4.69) is 24.2 Å². The monoisotopic (exact) mass is 272 g/mol. The van der Waals surface area contributed by atoms with Crippen LogP contribution in [0.2, 0.25) is 0 Å². The van der Waals surface area contributed by atoms with E-state index in [9.17, 15) is 4.79 Å². The molecule has 0 saturated heterocycles. The fraction of sp³-hybridized carbons (Fsp3) is 0.400. The summed E-state index contributed by atoms with van der Waals surface area (Å²) < 4.78 is 1.57. The molecule has 1 unspecified atom stereocenters. The minimum atomic E-state index is -0.184. The van der Waals surface area contributed by atoms with Crippen LogP contribution in [-0.4, -0.2) is 27.3 Å². The van der Waals surface area contributed by atoms with Gasteiger partial charge in [-0.25, -0.2) is 4.68 Å². The summed E-state index contributed by atoms with van der Waals surface area (Å²) in [6.45, 7) is 4.52. The second-order valence-corrected chi connectivity index (χ2v) is 5.29. The van der Waals surface area contributed by atoms with Crippen molar-refractivity contribution in [2.75, 3.05) is 6.54 Å². The van der Waals surface area contributed by atoms with Crippen LogP contribution >= 0.6 is 0 Å². The predicted molar refractivity (Wildman–Crippen MR) is 77.7 cm³/mol. The van der Waals surface area contributed by atoms with Crippen LogP contribution in [0.3, 0.4) is 0 Å². The number of carbonyl (C=O) groups is 1. The molecule has 20 heavy (non-hydrogen) atoms. The lowest BCUT2D eigenvalue weighted by molar-refractivity contribution is 0.0900. The predicted octanol–water partition coefficient (Wildman–Crippen LogP) is 2.07. The standard InChI is InChI=1S/C15H20N4O/c1-11(2)8-12(9-16)15(20)14-10-17-18-19(14)13-6-4-3-5-7-13/h3-7,10-12H,8-9,16H2,1-2H3. The Kier molecular flexibility index (Phi) is 4.63. The van der Waals surface area contributed by atoms with Crippen molar-refractivity contribution in [3.05, 3.63) is 42.2 Å². The second-order valence-electron chi connectivity index (χ2n) is 5.29. The van der Waals surface area contributed by atoms with Crippen molar-refractivity contribution >= 4 is 5.78 Å². The third-order valence-electron chi connectivity index (χ3n) is 3.21. The van der Waals surface area contributed by atoms with Crippen LogP contribution in [0.4, 0.5) is 0 Å². The fourth-order valence-corrected chi connectivity index (χ4v) is 2.25. The zero-order valence-corrected chi connectivity index (χ0v) is 11.9. The second kappa shape index (κ2) is 6.43. The van der Waals surface area contributed by atoms with Crippen molar-refractivity contribution in [3.8, 4) is 5.69 Å². The SMILES string of the molecule is CC(C)CC(CN)C(=O)c1cnnn1-c1ccccc1. The highest BCUT2D eigenvalue weighted by Crippen LogP contribution is 2.18. The van der Waals surface area contributed by atoms with Crippen LogP contribution in [0.1, 0.15) is 30.8 Å². The summed E-state index contributed by atoms with van der Waals surface area (Å²) >= 11 is 0. The quantitative estimate of drug-likeness (QED) is 0.817. The van der Waals surface area contributed by atoms with Crippen molar-refractivity contribution in [2.24, 2.45) is 17.6 Å². The van der Waals surface area contributed by atoms with E-state index in [1.54, 1.807) is 4.68 Å². The Morgan fingerprint density at radius 1 is 1.30 bits per heavy atom. The first-order valence-corrected chi connectivity index (χ1v) is 6.84. The van der Waals surface area contributed by atoms with Gasteiger partial charge in [0.2, 0.25) is 0 Å². The van der Waals surface area contributed by atoms with Crippen LogP contribution in [0.5, 0.6) is 0 Å². The topological polar surface area (TPSA) is 73.8 Å². The average Bonchev–Trinajstić information content (AvgIpc) is 2.94. The summed E-state index contributed by atoms with van der Waals surface area (Å²) in [7, 11) is 0. The van der Waals surface area contributed by atoms with E-state index < -0.39 is 0 Å². The van der Waals surface area contributed by atoms with E-state index in [0.29, 0.717) is 18.2 Å². The lowest BCUT2D eigenvalue weighted by Crippen LogP contribution is -2.27. The zero-order chi connectivity index (χ0) is 14.5. The highest BCUT2D eigenvalue weighted by molar-refractivity contribution is 5.96. The Balaban J connectivity index is 2.30. The van der Waals surface area contributed by atoms with E-state index in [0.717, 1.165) is 12.1 Å². The molecule has 0 radical (unpaired) electrons. The van der Waals surface area contributed by atoms with Crippen LogP contribution in [0, 0.1) is 11.8 Å². The van der Waals surface area contributed by atoms with Crippen LogP contribution in [-0.2, 0) is 0 Å². The summed E-state index contributed by atoms with van der Waals surface area (Å²) in [5, 5.41) is 7.88. The first-order chi connectivity index (χ1) is 9.63. The number of Topliss-reactive ketones (excluding diaryl/α,β-unsaturated/α-hetero) is 1. The lowest BCUT2D eigenvalue weighted by atomic mass is 9.92. The largest absolute Gasteiger partial charge is 0.330 e. The van der Waals surface area contributed by atoms with Crippen LogP contribution < -0.4 is 5.73 Å². The lowest BCUT2D eigenvalue weighted by Gasteiger charge is -2.16. The molecule has 2 rings (SSSR count). The summed E-state index contributed by atoms with van der Waals surface area (Å²) in [4.78, 5) is 12.6. The van der Waals surface area contributed by atoms with Crippen LogP contribution in [0.25, 0.3) is 5.69 Å². The number of aromatic nitrogens is 3. The molecule has 1 atom stereocenters. The molecule has 0 bridgehead atoms. The fourth-order valence-electron chi connectivity index (χ4n) is 2.25. The van der Waals surface area contributed by atoms with Crippen molar-refractivity contribution in [3.63, 3.8) is 0 Å². The summed E-state index contributed by atoms with van der Waals surface area (Å²) in [6, 6.07) is 9.51. The average molecular weight is 272 g/mol. The molecule has 5 heteroatoms. The summed E-state index contributed by atoms with van der Waals surface area (Å²) in [5.74, 6) is 0.250. The molecule has 0 aliphatic rings. The van der Waals surface area contributed by atoms with Gasteiger partial charge in [0.15, 0.2) is 5.78 Å². The zero-order valence-electron chi connectivity index (χ0n) is 11.9. The molecule has 0 aliphatic carbocycles. The van der Waals surface area contributed by atoms with Crippen molar-refractivity contribution in [1.82, 2.24) is 15.0 Å². The van der Waals surface area contributed by atoms with Gasteiger partial charge in [-0.15, -0.1) is 5.10 Å². The number of hydrogen-bond donors (Lipinski definition) is 1. The summed E-state index contributed by atoms with van der Waals surface area (Å²) in [6.07, 6.45) is 2.29. The van der Waals surface area contributed by atoms with Gasteiger partial charge in [-0.3, -0.25) is 4.79 Å². The van der Waals surface area contributed by atoms with Gasteiger partial charge in [-0.05, 0) is 24.5 Å². The molecule has 0 aliphatic heterocycles. The Bertz CT molecular complexity index is 562. The Labute approximate surface area is 118 Å². The molecule has 1 aromatic carbocycles. The molecule has 0 amide bonds.